The van der Waals surface area contributed by atoms with Crippen LogP contribution < -0.4 is 4.74 Å². The normalized spacial score (nSPS) is 11.5. The molecule has 1 aromatic heterocycles. The van der Waals surface area contributed by atoms with Crippen molar-refractivity contribution < 1.29 is 23.7 Å². The Hall–Kier alpha value is -2.04. The molecule has 2 aromatic rings. The molecule has 0 fully saturated rings. The van der Waals surface area contributed by atoms with E-state index in [4.69, 9.17) is 23.7 Å². The van der Waals surface area contributed by atoms with Gasteiger partial charge in [0.05, 0.1) is 72.2 Å². The third kappa shape index (κ3) is 19.7. The lowest BCUT2D eigenvalue weighted by Crippen LogP contribution is -2.19. The number of benzene rings is 1. The minimum atomic E-state index is 0.413. The minimum absolute atomic E-state index is 0.413. The van der Waals surface area contributed by atoms with Gasteiger partial charge in [0.1, 0.15) is 11.4 Å². The van der Waals surface area contributed by atoms with Crippen LogP contribution in [0, 0.1) is 0 Å². The summed E-state index contributed by atoms with van der Waals surface area (Å²) in [6.07, 6.45) is 15.3. The van der Waals surface area contributed by atoms with E-state index in [9.17, 15) is 0 Å². The Balaban J connectivity index is 1.43. The highest BCUT2D eigenvalue weighted by Crippen LogP contribution is 2.15. The van der Waals surface area contributed by atoms with Crippen LogP contribution in [-0.2, 0) is 32.1 Å². The Morgan fingerprint density at radius 3 is 1.83 bits per heavy atom. The molecule has 0 atom stereocenters. The topological polar surface area (TPSA) is 80.1 Å². The van der Waals surface area contributed by atoms with Crippen molar-refractivity contribution in [1.82, 2.24) is 19.9 Å². The van der Waals surface area contributed by atoms with E-state index in [0.29, 0.717) is 52.8 Å². The number of unbranched alkanes of at least 4 members (excludes halogenated alkanes) is 9. The van der Waals surface area contributed by atoms with E-state index in [1.807, 2.05) is 37.1 Å². The summed E-state index contributed by atoms with van der Waals surface area (Å²) < 4.78 is 29.9. The SMILES string of the molecule is CCCCCCCCCCCCOc1ccc(Cn2cc(COCCOCCOCCOCCN(C)C)nn2)cc1. The monoisotopic (exact) mass is 576 g/mol. The van der Waals surface area contributed by atoms with Gasteiger partial charge in [-0.05, 0) is 38.2 Å². The van der Waals surface area contributed by atoms with Gasteiger partial charge in [-0.25, -0.2) is 4.68 Å². The van der Waals surface area contributed by atoms with Gasteiger partial charge in [0.2, 0.25) is 0 Å². The lowest BCUT2D eigenvalue weighted by molar-refractivity contribution is -0.00542. The maximum Gasteiger partial charge on any atom is 0.119 e. The molecule has 0 saturated heterocycles. The molecule has 0 unspecified atom stereocenters. The second-order valence-electron chi connectivity index (χ2n) is 10.8. The predicted molar refractivity (Wildman–Crippen MR) is 164 cm³/mol. The van der Waals surface area contributed by atoms with Gasteiger partial charge < -0.3 is 28.6 Å². The zero-order valence-corrected chi connectivity index (χ0v) is 26.1. The average molecular weight is 577 g/mol. The molecular formula is C32H56N4O5. The zero-order chi connectivity index (χ0) is 29.2. The molecule has 0 bridgehead atoms. The van der Waals surface area contributed by atoms with Crippen LogP contribution >= 0.6 is 0 Å². The molecular weight excluding hydrogens is 520 g/mol. The smallest absolute Gasteiger partial charge is 0.119 e. The highest BCUT2D eigenvalue weighted by molar-refractivity contribution is 5.27. The Bertz CT molecular complexity index is 847. The molecule has 0 aliphatic rings. The van der Waals surface area contributed by atoms with E-state index in [1.165, 1.54) is 57.8 Å². The Morgan fingerprint density at radius 2 is 1.22 bits per heavy atom. The summed E-state index contributed by atoms with van der Waals surface area (Å²) in [5.74, 6) is 0.927. The summed E-state index contributed by atoms with van der Waals surface area (Å²) in [4.78, 5) is 2.09. The van der Waals surface area contributed by atoms with E-state index in [2.05, 4.69) is 34.3 Å². The van der Waals surface area contributed by atoms with Crippen LogP contribution in [0.1, 0.15) is 82.4 Å². The van der Waals surface area contributed by atoms with Crippen molar-refractivity contribution in [3.05, 3.63) is 41.7 Å². The Kier molecular flexibility index (Phi) is 21.1. The minimum Gasteiger partial charge on any atom is -0.494 e. The third-order valence-corrected chi connectivity index (χ3v) is 6.67. The fraction of sp³-hybridized carbons (Fsp3) is 0.750. The largest absolute Gasteiger partial charge is 0.494 e. The fourth-order valence-corrected chi connectivity index (χ4v) is 4.22. The number of hydrogen-bond donors (Lipinski definition) is 0. The van der Waals surface area contributed by atoms with E-state index < -0.39 is 0 Å². The van der Waals surface area contributed by atoms with Crippen LogP contribution in [-0.4, -0.2) is 93.4 Å². The molecule has 0 aliphatic heterocycles. The Labute approximate surface area is 248 Å². The molecule has 9 heteroatoms. The number of nitrogens with zero attached hydrogens (tertiary/aromatic N) is 4. The average Bonchev–Trinajstić information content (AvgIpc) is 3.42. The molecule has 0 spiro atoms. The van der Waals surface area contributed by atoms with Crippen molar-refractivity contribution in [3.8, 4) is 5.75 Å². The van der Waals surface area contributed by atoms with Crippen LogP contribution in [0.25, 0.3) is 0 Å². The molecule has 1 heterocycles. The van der Waals surface area contributed by atoms with Crippen molar-refractivity contribution in [2.24, 2.45) is 0 Å². The lowest BCUT2D eigenvalue weighted by atomic mass is 10.1. The van der Waals surface area contributed by atoms with Crippen molar-refractivity contribution in [1.29, 1.82) is 0 Å². The number of rotatable bonds is 28. The maximum atomic E-state index is 5.93. The first-order chi connectivity index (χ1) is 20.2. The van der Waals surface area contributed by atoms with E-state index >= 15 is 0 Å². The molecule has 9 nitrogen and oxygen atoms in total. The molecule has 2 rings (SSSR count). The molecule has 0 amide bonds. The van der Waals surface area contributed by atoms with Crippen LogP contribution in [0.3, 0.4) is 0 Å². The standard InChI is InChI=1S/C32H56N4O5/c1-4-5-6-7-8-9-10-11-12-13-19-41-32-16-14-30(15-17-32)27-36-28-31(33-34-36)29-40-26-25-39-24-23-38-22-21-37-20-18-35(2)3/h14-17,28H,4-13,18-27,29H2,1-3H3. The highest BCUT2D eigenvalue weighted by Gasteiger charge is 2.03. The van der Waals surface area contributed by atoms with Gasteiger partial charge in [-0.15, -0.1) is 5.10 Å². The van der Waals surface area contributed by atoms with Gasteiger partial charge in [-0.1, -0.05) is 82.1 Å². The number of ether oxygens (including phenoxy) is 5. The molecule has 1 aromatic carbocycles. The Morgan fingerprint density at radius 1 is 0.659 bits per heavy atom. The maximum absolute atomic E-state index is 5.93. The van der Waals surface area contributed by atoms with Gasteiger partial charge in [0.25, 0.3) is 0 Å². The number of likely N-dealkylation sites (N-methyl/N-ethyl adjacent to an activating group) is 1. The van der Waals surface area contributed by atoms with Gasteiger partial charge in [0.15, 0.2) is 0 Å². The van der Waals surface area contributed by atoms with E-state index in [1.54, 1.807) is 0 Å². The first-order valence-corrected chi connectivity index (χ1v) is 15.7. The number of hydrogen-bond acceptors (Lipinski definition) is 8. The second kappa shape index (κ2) is 24.5. The van der Waals surface area contributed by atoms with E-state index in [-0.39, 0.29) is 0 Å². The molecule has 41 heavy (non-hydrogen) atoms. The molecule has 0 N–H and O–H groups in total. The summed E-state index contributed by atoms with van der Waals surface area (Å²) in [5.41, 5.74) is 1.96. The van der Waals surface area contributed by atoms with Crippen LogP contribution in [0.5, 0.6) is 5.75 Å². The molecule has 0 radical (unpaired) electrons. The zero-order valence-electron chi connectivity index (χ0n) is 26.1. The first kappa shape index (κ1) is 35.2. The molecule has 234 valence electrons. The van der Waals surface area contributed by atoms with Gasteiger partial charge in [0, 0.05) is 6.54 Å². The number of aromatic nitrogens is 3. The fourth-order valence-electron chi connectivity index (χ4n) is 4.22. The second-order valence-corrected chi connectivity index (χ2v) is 10.8. The highest BCUT2D eigenvalue weighted by atomic mass is 16.6. The van der Waals surface area contributed by atoms with Crippen molar-refractivity contribution in [2.75, 3.05) is 73.5 Å². The van der Waals surface area contributed by atoms with Crippen LogP contribution in [0.15, 0.2) is 30.5 Å². The van der Waals surface area contributed by atoms with Crippen molar-refractivity contribution >= 4 is 0 Å². The first-order valence-electron chi connectivity index (χ1n) is 15.7. The predicted octanol–water partition coefficient (Wildman–Crippen LogP) is 5.75. The van der Waals surface area contributed by atoms with Crippen molar-refractivity contribution in [3.63, 3.8) is 0 Å². The quantitative estimate of drug-likeness (QED) is 0.118. The molecule has 0 aliphatic carbocycles. The lowest BCUT2D eigenvalue weighted by Gasteiger charge is -2.10. The van der Waals surface area contributed by atoms with Crippen LogP contribution in [0.4, 0.5) is 0 Å². The summed E-state index contributed by atoms with van der Waals surface area (Å²) in [6, 6.07) is 8.26. The summed E-state index contributed by atoms with van der Waals surface area (Å²) in [7, 11) is 4.06. The van der Waals surface area contributed by atoms with Gasteiger partial charge in [-0.2, -0.15) is 0 Å². The van der Waals surface area contributed by atoms with Gasteiger partial charge in [-0.3, -0.25) is 0 Å². The van der Waals surface area contributed by atoms with Gasteiger partial charge >= 0.3 is 0 Å². The summed E-state index contributed by atoms with van der Waals surface area (Å²) in [5, 5.41) is 8.43. The molecule has 0 saturated carbocycles. The summed E-state index contributed by atoms with van der Waals surface area (Å²) >= 11 is 0. The van der Waals surface area contributed by atoms with E-state index in [0.717, 1.165) is 43.2 Å². The summed E-state index contributed by atoms with van der Waals surface area (Å²) in [6.45, 7) is 9.08. The van der Waals surface area contributed by atoms with Crippen molar-refractivity contribution in [2.45, 2.75) is 84.3 Å². The van der Waals surface area contributed by atoms with Crippen LogP contribution in [0.2, 0.25) is 0 Å². The third-order valence-electron chi connectivity index (χ3n) is 6.67.